The predicted octanol–water partition coefficient (Wildman–Crippen LogP) is 4.38. The Morgan fingerprint density at radius 2 is 1.93 bits per heavy atom. The molecule has 3 heteroatoms. The van der Waals surface area contributed by atoms with Gasteiger partial charge in [-0.3, -0.25) is 0 Å². The van der Waals surface area contributed by atoms with Gasteiger partial charge in [-0.25, -0.2) is 0 Å². The van der Waals surface area contributed by atoms with E-state index in [0.29, 0.717) is 22.0 Å². The first-order valence-electron chi connectivity index (χ1n) is 4.78. The van der Waals surface area contributed by atoms with E-state index in [0.717, 1.165) is 12.0 Å². The predicted molar refractivity (Wildman–Crippen MR) is 65.5 cm³/mol. The van der Waals surface area contributed by atoms with Crippen molar-refractivity contribution in [3.05, 3.63) is 46.0 Å². The van der Waals surface area contributed by atoms with Crippen molar-refractivity contribution >= 4 is 23.2 Å². The fourth-order valence-corrected chi connectivity index (χ4v) is 2.01. The highest BCUT2D eigenvalue weighted by molar-refractivity contribution is 6.36. The van der Waals surface area contributed by atoms with Crippen LogP contribution in [0.5, 0.6) is 0 Å². The number of hydrogen-bond donors (Lipinski definition) is 1. The molecule has 0 heterocycles. The molecular formula is C12H14Cl2O. The number of benzene rings is 1. The smallest absolute Gasteiger partial charge is 0.0822 e. The van der Waals surface area contributed by atoms with Crippen molar-refractivity contribution in [1.29, 1.82) is 0 Å². The summed E-state index contributed by atoms with van der Waals surface area (Å²) < 4.78 is 0. The topological polar surface area (TPSA) is 20.2 Å². The first kappa shape index (κ1) is 12.6. The summed E-state index contributed by atoms with van der Waals surface area (Å²) in [5, 5.41) is 10.9. The second kappa shape index (κ2) is 5.55. The van der Waals surface area contributed by atoms with Crippen LogP contribution in [-0.2, 0) is 0 Å². The Bertz CT molecular complexity index is 340. The van der Waals surface area contributed by atoms with E-state index in [2.05, 4.69) is 6.58 Å². The highest BCUT2D eigenvalue weighted by atomic mass is 35.5. The van der Waals surface area contributed by atoms with Crippen LogP contribution >= 0.6 is 23.2 Å². The van der Waals surface area contributed by atoms with Gasteiger partial charge in [0.15, 0.2) is 0 Å². The lowest BCUT2D eigenvalue weighted by atomic mass is 10.0. The molecule has 15 heavy (non-hydrogen) atoms. The maximum atomic E-state index is 9.92. The van der Waals surface area contributed by atoms with E-state index in [9.17, 15) is 5.11 Å². The molecule has 1 nitrogen and oxygen atoms in total. The first-order chi connectivity index (χ1) is 7.02. The van der Waals surface area contributed by atoms with Gasteiger partial charge in [-0.1, -0.05) is 34.8 Å². The highest BCUT2D eigenvalue weighted by Gasteiger charge is 2.14. The molecule has 0 bridgehead atoms. The maximum Gasteiger partial charge on any atom is 0.0822 e. The molecule has 1 rings (SSSR count). The van der Waals surface area contributed by atoms with E-state index in [4.69, 9.17) is 23.2 Å². The number of rotatable bonds is 4. The Kier molecular flexibility index (Phi) is 4.65. The summed E-state index contributed by atoms with van der Waals surface area (Å²) in [5.41, 5.74) is 1.65. The van der Waals surface area contributed by atoms with Crippen molar-refractivity contribution in [1.82, 2.24) is 0 Å². The SMILES string of the molecule is C=C(C)CCC(O)c1c(Cl)cccc1Cl. The number of hydrogen-bond acceptors (Lipinski definition) is 1. The van der Waals surface area contributed by atoms with Crippen LogP contribution in [0.15, 0.2) is 30.4 Å². The molecule has 1 unspecified atom stereocenters. The minimum absolute atomic E-state index is 0.511. The summed E-state index contributed by atoms with van der Waals surface area (Å²) in [6, 6.07) is 5.22. The molecule has 1 atom stereocenters. The number of aliphatic hydroxyl groups excluding tert-OH is 1. The van der Waals surface area contributed by atoms with Crippen LogP contribution in [0, 0.1) is 0 Å². The van der Waals surface area contributed by atoms with Crippen molar-refractivity contribution in [3.63, 3.8) is 0 Å². The van der Waals surface area contributed by atoms with Gasteiger partial charge in [0.2, 0.25) is 0 Å². The van der Waals surface area contributed by atoms with Crippen LogP contribution in [0.25, 0.3) is 0 Å². The summed E-state index contributed by atoms with van der Waals surface area (Å²) >= 11 is 11.9. The monoisotopic (exact) mass is 244 g/mol. The summed E-state index contributed by atoms with van der Waals surface area (Å²) in [7, 11) is 0. The Morgan fingerprint density at radius 3 is 2.40 bits per heavy atom. The van der Waals surface area contributed by atoms with Crippen molar-refractivity contribution in [2.45, 2.75) is 25.9 Å². The molecule has 0 spiro atoms. The Hall–Kier alpha value is -0.500. The van der Waals surface area contributed by atoms with E-state index in [1.807, 2.05) is 6.92 Å². The quantitative estimate of drug-likeness (QED) is 0.780. The number of aliphatic hydroxyl groups is 1. The van der Waals surface area contributed by atoms with Gasteiger partial charge in [-0.15, -0.1) is 6.58 Å². The van der Waals surface area contributed by atoms with Crippen molar-refractivity contribution in [2.24, 2.45) is 0 Å². The normalized spacial score (nSPS) is 12.5. The average molecular weight is 245 g/mol. The molecule has 0 aliphatic carbocycles. The van der Waals surface area contributed by atoms with E-state index in [1.54, 1.807) is 18.2 Å². The third-order valence-electron chi connectivity index (χ3n) is 2.18. The van der Waals surface area contributed by atoms with Crippen molar-refractivity contribution in [3.8, 4) is 0 Å². The van der Waals surface area contributed by atoms with Gasteiger partial charge in [-0.05, 0) is 31.9 Å². The molecular weight excluding hydrogens is 231 g/mol. The van der Waals surface area contributed by atoms with Gasteiger partial charge < -0.3 is 5.11 Å². The summed E-state index contributed by atoms with van der Waals surface area (Å²) in [5.74, 6) is 0. The van der Waals surface area contributed by atoms with Gasteiger partial charge >= 0.3 is 0 Å². The van der Waals surface area contributed by atoms with E-state index in [-0.39, 0.29) is 0 Å². The molecule has 0 fully saturated rings. The van der Waals surface area contributed by atoms with Crippen molar-refractivity contribution in [2.75, 3.05) is 0 Å². The third kappa shape index (κ3) is 3.53. The molecule has 0 aliphatic rings. The molecule has 0 amide bonds. The van der Waals surface area contributed by atoms with Crippen LogP contribution in [0.2, 0.25) is 10.0 Å². The molecule has 0 radical (unpaired) electrons. The van der Waals surface area contributed by atoms with E-state index >= 15 is 0 Å². The fraction of sp³-hybridized carbons (Fsp3) is 0.333. The molecule has 1 N–H and O–H groups in total. The van der Waals surface area contributed by atoms with E-state index in [1.165, 1.54) is 0 Å². The van der Waals surface area contributed by atoms with Gasteiger partial charge in [-0.2, -0.15) is 0 Å². The molecule has 82 valence electrons. The lowest BCUT2D eigenvalue weighted by molar-refractivity contribution is 0.168. The highest BCUT2D eigenvalue weighted by Crippen LogP contribution is 2.32. The second-order valence-corrected chi connectivity index (χ2v) is 4.46. The minimum Gasteiger partial charge on any atom is -0.388 e. The standard InChI is InChI=1S/C12H14Cl2O/c1-8(2)6-7-11(15)12-9(13)4-3-5-10(12)14/h3-5,11,15H,1,6-7H2,2H3. The lowest BCUT2D eigenvalue weighted by Gasteiger charge is -2.14. The molecule has 0 saturated carbocycles. The van der Waals surface area contributed by atoms with Crippen molar-refractivity contribution < 1.29 is 5.11 Å². The average Bonchev–Trinajstić information content (AvgIpc) is 2.14. The van der Waals surface area contributed by atoms with Gasteiger partial charge in [0, 0.05) is 15.6 Å². The van der Waals surface area contributed by atoms with Gasteiger partial charge in [0.05, 0.1) is 6.10 Å². The zero-order valence-electron chi connectivity index (χ0n) is 8.63. The van der Waals surface area contributed by atoms with Gasteiger partial charge in [0.25, 0.3) is 0 Å². The molecule has 1 aromatic rings. The van der Waals surface area contributed by atoms with E-state index < -0.39 is 6.10 Å². The lowest BCUT2D eigenvalue weighted by Crippen LogP contribution is -1.99. The van der Waals surface area contributed by atoms with Crippen LogP contribution in [0.4, 0.5) is 0 Å². The Balaban J connectivity index is 2.81. The summed E-state index contributed by atoms with van der Waals surface area (Å²) in [4.78, 5) is 0. The van der Waals surface area contributed by atoms with Crippen LogP contribution in [0.1, 0.15) is 31.4 Å². The molecule has 0 aromatic heterocycles. The number of allylic oxidation sites excluding steroid dienone is 1. The van der Waals surface area contributed by atoms with Crippen LogP contribution in [0.3, 0.4) is 0 Å². The first-order valence-corrected chi connectivity index (χ1v) is 5.54. The summed E-state index contributed by atoms with van der Waals surface area (Å²) in [6.45, 7) is 5.72. The zero-order chi connectivity index (χ0) is 11.4. The third-order valence-corrected chi connectivity index (χ3v) is 2.84. The fourth-order valence-electron chi connectivity index (χ4n) is 1.36. The van der Waals surface area contributed by atoms with Crippen LogP contribution < -0.4 is 0 Å². The second-order valence-electron chi connectivity index (χ2n) is 3.65. The largest absolute Gasteiger partial charge is 0.388 e. The minimum atomic E-state index is -0.622. The molecule has 1 aromatic carbocycles. The number of halogens is 2. The molecule has 0 saturated heterocycles. The Morgan fingerprint density at radius 1 is 1.40 bits per heavy atom. The maximum absolute atomic E-state index is 9.92. The zero-order valence-corrected chi connectivity index (χ0v) is 10.1. The summed E-state index contributed by atoms with van der Waals surface area (Å²) in [6.07, 6.45) is 0.740. The van der Waals surface area contributed by atoms with Gasteiger partial charge in [0.1, 0.15) is 0 Å². The Labute approximate surface area is 100 Å². The van der Waals surface area contributed by atoms with Crippen LogP contribution in [-0.4, -0.2) is 5.11 Å². The molecule has 0 aliphatic heterocycles.